The van der Waals surface area contributed by atoms with Gasteiger partial charge in [-0.2, -0.15) is 8.78 Å². The fourth-order valence-corrected chi connectivity index (χ4v) is 4.20. The maximum absolute atomic E-state index is 13.4. The predicted octanol–water partition coefficient (Wildman–Crippen LogP) is 0.131. The van der Waals surface area contributed by atoms with E-state index < -0.39 is 23.5 Å². The molecule has 0 aromatic rings. The highest BCUT2D eigenvalue weighted by molar-refractivity contribution is 6.01. The molecule has 0 aromatic heterocycles. The van der Waals surface area contributed by atoms with Gasteiger partial charge in [0, 0.05) is 11.8 Å². The molecule has 4 aliphatic carbocycles. The highest BCUT2D eigenvalue weighted by atomic mass is 19.3. The Balaban J connectivity index is 1.78. The van der Waals surface area contributed by atoms with Gasteiger partial charge in [0.15, 0.2) is 0 Å². The van der Waals surface area contributed by atoms with E-state index in [-0.39, 0.29) is 36.4 Å². The number of carbonyl (C=O) groups excluding carboxylic acids is 3. The zero-order valence-electron chi connectivity index (χ0n) is 11.0. The molecule has 2 atom stereocenters. The highest BCUT2D eigenvalue weighted by Crippen LogP contribution is 2.55. The van der Waals surface area contributed by atoms with E-state index in [0.29, 0.717) is 19.3 Å². The van der Waals surface area contributed by atoms with Crippen molar-refractivity contribution in [1.29, 1.82) is 0 Å². The zero-order chi connectivity index (χ0) is 15.4. The standard InChI is InChI=1S/C13H14F2O6/c14-13(15,11(18)21-19)10(17)20-12-3-6-1-7(4-12)9(16)8(2-6)5-12/h6-8,19H,1-5H2/p-1. The second-order valence-electron chi connectivity index (χ2n) is 6.26. The topological polar surface area (TPSA) is 92.7 Å². The molecule has 2 unspecified atom stereocenters. The van der Waals surface area contributed by atoms with Gasteiger partial charge in [0.2, 0.25) is 0 Å². The van der Waals surface area contributed by atoms with Gasteiger partial charge in [-0.1, -0.05) is 0 Å². The number of hydrogen-bond donors (Lipinski definition) is 0. The molecule has 0 spiro atoms. The summed E-state index contributed by atoms with van der Waals surface area (Å²) in [6, 6.07) is 0. The third-order valence-corrected chi connectivity index (χ3v) is 4.84. The average Bonchev–Trinajstić information content (AvgIpc) is 2.42. The molecule has 21 heavy (non-hydrogen) atoms. The van der Waals surface area contributed by atoms with Crippen LogP contribution in [0.1, 0.15) is 32.1 Å². The molecule has 0 N–H and O–H groups in total. The molecule has 0 aromatic carbocycles. The van der Waals surface area contributed by atoms with Gasteiger partial charge in [0.25, 0.3) is 0 Å². The lowest BCUT2D eigenvalue weighted by atomic mass is 9.53. The van der Waals surface area contributed by atoms with Crippen molar-refractivity contribution < 1.29 is 38.0 Å². The van der Waals surface area contributed by atoms with Gasteiger partial charge in [0.1, 0.15) is 11.4 Å². The lowest BCUT2D eigenvalue weighted by Gasteiger charge is -2.54. The van der Waals surface area contributed by atoms with Gasteiger partial charge < -0.3 is 14.9 Å². The van der Waals surface area contributed by atoms with Crippen molar-refractivity contribution in [3.63, 3.8) is 0 Å². The lowest BCUT2D eigenvalue weighted by Crippen LogP contribution is -2.58. The van der Waals surface area contributed by atoms with Gasteiger partial charge in [-0.3, -0.25) is 4.79 Å². The predicted molar refractivity (Wildman–Crippen MR) is 58.4 cm³/mol. The van der Waals surface area contributed by atoms with Gasteiger partial charge in [-0.05, 0) is 38.0 Å². The van der Waals surface area contributed by atoms with E-state index in [9.17, 15) is 28.4 Å². The SMILES string of the molecule is O=C1C2CC3CC1CC(OC(=O)C(F)(F)C(=O)O[O-])(C3)C2. The summed E-state index contributed by atoms with van der Waals surface area (Å²) in [6.45, 7) is 0. The summed E-state index contributed by atoms with van der Waals surface area (Å²) in [5.74, 6) is -9.40. The number of ether oxygens (including phenoxy) is 1. The summed E-state index contributed by atoms with van der Waals surface area (Å²) in [5.41, 5.74) is -1.12. The van der Waals surface area contributed by atoms with Crippen LogP contribution in [0.3, 0.4) is 0 Å². The summed E-state index contributed by atoms with van der Waals surface area (Å²) in [6.07, 6.45) is 2.25. The lowest BCUT2D eigenvalue weighted by molar-refractivity contribution is -0.659. The van der Waals surface area contributed by atoms with Crippen molar-refractivity contribution in [2.45, 2.75) is 43.6 Å². The Hall–Kier alpha value is -1.57. The van der Waals surface area contributed by atoms with E-state index in [2.05, 4.69) is 4.89 Å². The molecule has 116 valence electrons. The molecule has 8 heteroatoms. The van der Waals surface area contributed by atoms with Crippen molar-refractivity contribution in [2.75, 3.05) is 0 Å². The molecule has 4 aliphatic rings. The van der Waals surface area contributed by atoms with Crippen LogP contribution in [0, 0.1) is 17.8 Å². The Morgan fingerprint density at radius 1 is 1.14 bits per heavy atom. The minimum Gasteiger partial charge on any atom is -0.661 e. The monoisotopic (exact) mass is 303 g/mol. The quantitative estimate of drug-likeness (QED) is 0.318. The molecule has 4 fully saturated rings. The Bertz CT molecular complexity index is 499. The fraction of sp³-hybridized carbons (Fsp3) is 0.769. The van der Waals surface area contributed by atoms with E-state index >= 15 is 0 Å². The van der Waals surface area contributed by atoms with Crippen LogP contribution >= 0.6 is 0 Å². The van der Waals surface area contributed by atoms with E-state index in [4.69, 9.17) is 4.74 Å². The summed E-state index contributed by atoms with van der Waals surface area (Å²) in [5, 5.41) is 9.81. The summed E-state index contributed by atoms with van der Waals surface area (Å²) >= 11 is 0. The number of Topliss-reactive ketones (excluding diaryl/α,β-unsaturated/α-hetero) is 1. The van der Waals surface area contributed by atoms with Gasteiger partial charge in [-0.25, -0.2) is 9.59 Å². The number of ketones is 1. The Morgan fingerprint density at radius 2 is 1.71 bits per heavy atom. The molecule has 0 aliphatic heterocycles. The number of esters is 1. The van der Waals surface area contributed by atoms with E-state index in [0.717, 1.165) is 0 Å². The van der Waals surface area contributed by atoms with Crippen molar-refractivity contribution in [1.82, 2.24) is 0 Å². The Labute approximate surface area is 118 Å². The maximum atomic E-state index is 13.4. The van der Waals surface area contributed by atoms with Crippen molar-refractivity contribution in [3.05, 3.63) is 0 Å². The smallest absolute Gasteiger partial charge is 0.436 e. The molecule has 6 nitrogen and oxygen atoms in total. The molecule has 4 rings (SSSR count). The van der Waals surface area contributed by atoms with Crippen LogP contribution in [0.5, 0.6) is 0 Å². The third kappa shape index (κ3) is 2.12. The number of hydrogen-bond acceptors (Lipinski definition) is 6. The van der Waals surface area contributed by atoms with Crippen LogP contribution in [-0.4, -0.2) is 29.2 Å². The highest BCUT2D eigenvalue weighted by Gasteiger charge is 2.60. The first kappa shape index (κ1) is 14.4. The normalized spacial score (nSPS) is 37.5. The minimum absolute atomic E-state index is 0.114. The molecule has 4 bridgehead atoms. The zero-order valence-corrected chi connectivity index (χ0v) is 11.0. The van der Waals surface area contributed by atoms with Crippen LogP contribution in [-0.2, 0) is 24.0 Å². The van der Waals surface area contributed by atoms with Crippen molar-refractivity contribution in [3.8, 4) is 0 Å². The number of carbonyl (C=O) groups is 3. The van der Waals surface area contributed by atoms with Crippen molar-refractivity contribution >= 4 is 17.7 Å². The summed E-state index contributed by atoms with van der Waals surface area (Å²) in [4.78, 5) is 36.8. The van der Waals surface area contributed by atoms with E-state index in [1.54, 1.807) is 0 Å². The third-order valence-electron chi connectivity index (χ3n) is 4.84. The van der Waals surface area contributed by atoms with Crippen molar-refractivity contribution in [2.24, 2.45) is 17.8 Å². The first-order valence-corrected chi connectivity index (χ1v) is 6.77. The molecular formula is C13H13F2O6-. The second kappa shape index (κ2) is 4.46. The number of halogens is 2. The van der Waals surface area contributed by atoms with Crippen LogP contribution in [0.4, 0.5) is 8.78 Å². The van der Waals surface area contributed by atoms with Crippen LogP contribution in [0.15, 0.2) is 0 Å². The molecule has 4 saturated carbocycles. The molecule has 0 heterocycles. The van der Waals surface area contributed by atoms with Crippen LogP contribution < -0.4 is 5.26 Å². The molecule has 0 saturated heterocycles. The molecule has 0 radical (unpaired) electrons. The van der Waals surface area contributed by atoms with Crippen LogP contribution in [0.25, 0.3) is 0 Å². The van der Waals surface area contributed by atoms with E-state index in [1.807, 2.05) is 0 Å². The Morgan fingerprint density at radius 3 is 2.24 bits per heavy atom. The molecular weight excluding hydrogens is 290 g/mol. The fourth-order valence-electron chi connectivity index (χ4n) is 4.20. The summed E-state index contributed by atoms with van der Waals surface area (Å²) < 4.78 is 31.6. The summed E-state index contributed by atoms with van der Waals surface area (Å²) in [7, 11) is 0. The van der Waals surface area contributed by atoms with E-state index in [1.165, 1.54) is 0 Å². The number of rotatable bonds is 3. The van der Waals surface area contributed by atoms with Crippen LogP contribution in [0.2, 0.25) is 0 Å². The first-order chi connectivity index (χ1) is 9.77. The second-order valence-corrected chi connectivity index (χ2v) is 6.26. The van der Waals surface area contributed by atoms with Gasteiger partial charge in [0.05, 0.1) is 0 Å². The number of alkyl halides is 2. The largest absolute Gasteiger partial charge is 0.661 e. The minimum atomic E-state index is -4.62. The van der Waals surface area contributed by atoms with Gasteiger partial charge in [-0.15, -0.1) is 0 Å². The van der Waals surface area contributed by atoms with Gasteiger partial charge >= 0.3 is 17.9 Å². The average molecular weight is 303 g/mol. The molecule has 0 amide bonds. The Kier molecular flexibility index (Phi) is 3.05. The maximum Gasteiger partial charge on any atom is 0.436 e. The first-order valence-electron chi connectivity index (χ1n) is 6.77.